The molecule has 0 saturated carbocycles. The number of esters is 1. The van der Waals surface area contributed by atoms with Crippen molar-refractivity contribution < 1.29 is 28.9 Å². The smallest absolute Gasteiger partial charge is 0.307 e. The fraction of sp³-hybridized carbons (Fsp3) is 0.467. The molecule has 22 heavy (non-hydrogen) atoms. The van der Waals surface area contributed by atoms with Gasteiger partial charge < -0.3 is 24.2 Å². The molecule has 1 N–H and O–H groups in total. The molecule has 1 aliphatic heterocycles. The van der Waals surface area contributed by atoms with E-state index in [1.165, 1.54) is 12.0 Å². The van der Waals surface area contributed by atoms with Gasteiger partial charge in [-0.05, 0) is 24.6 Å². The van der Waals surface area contributed by atoms with Gasteiger partial charge in [0.05, 0.1) is 13.5 Å². The molecule has 0 saturated heterocycles. The maximum absolute atomic E-state index is 12.5. The number of aliphatic hydroxyl groups is 1. The molecule has 0 unspecified atom stereocenters. The Morgan fingerprint density at radius 3 is 2.77 bits per heavy atom. The summed E-state index contributed by atoms with van der Waals surface area (Å²) < 4.78 is 15.1. The van der Waals surface area contributed by atoms with Crippen LogP contribution in [0, 0.1) is 0 Å². The zero-order valence-electron chi connectivity index (χ0n) is 12.4. The highest BCUT2D eigenvalue weighted by Crippen LogP contribution is 2.32. The molecule has 2 rings (SSSR count). The number of hydrogen-bond acceptors (Lipinski definition) is 6. The van der Waals surface area contributed by atoms with Crippen LogP contribution in [0.3, 0.4) is 0 Å². The molecule has 0 spiro atoms. The number of benzene rings is 1. The lowest BCUT2D eigenvalue weighted by molar-refractivity contribution is -0.140. The van der Waals surface area contributed by atoms with Crippen LogP contribution in [0.15, 0.2) is 18.2 Å². The Balaban J connectivity index is 2.08. The van der Waals surface area contributed by atoms with E-state index in [0.29, 0.717) is 30.0 Å². The van der Waals surface area contributed by atoms with E-state index in [1.54, 1.807) is 18.2 Å². The number of carbonyl (C=O) groups is 2. The van der Waals surface area contributed by atoms with Crippen LogP contribution in [0.25, 0.3) is 0 Å². The van der Waals surface area contributed by atoms with E-state index in [4.69, 9.17) is 14.6 Å². The van der Waals surface area contributed by atoms with Crippen molar-refractivity contribution in [2.24, 2.45) is 0 Å². The van der Waals surface area contributed by atoms with Gasteiger partial charge in [-0.15, -0.1) is 0 Å². The molecule has 0 aliphatic carbocycles. The molecule has 1 aromatic rings. The van der Waals surface area contributed by atoms with Gasteiger partial charge in [-0.25, -0.2) is 0 Å². The van der Waals surface area contributed by atoms with E-state index in [2.05, 4.69) is 4.74 Å². The number of methoxy groups -OCH3 is 1. The summed E-state index contributed by atoms with van der Waals surface area (Å²) in [5, 5.41) is 8.95. The van der Waals surface area contributed by atoms with Crippen molar-refractivity contribution in [2.45, 2.75) is 12.8 Å². The van der Waals surface area contributed by atoms with Crippen molar-refractivity contribution in [3.63, 3.8) is 0 Å². The minimum atomic E-state index is -0.382. The maximum Gasteiger partial charge on any atom is 0.307 e. The highest BCUT2D eigenvalue weighted by atomic mass is 16.7. The van der Waals surface area contributed by atoms with Crippen LogP contribution in [0.1, 0.15) is 23.2 Å². The van der Waals surface area contributed by atoms with Gasteiger partial charge in [0.2, 0.25) is 6.79 Å². The van der Waals surface area contributed by atoms with Crippen LogP contribution in [0.4, 0.5) is 0 Å². The van der Waals surface area contributed by atoms with Gasteiger partial charge in [-0.3, -0.25) is 9.59 Å². The molecule has 0 atom stereocenters. The van der Waals surface area contributed by atoms with Crippen molar-refractivity contribution in [1.82, 2.24) is 4.90 Å². The summed E-state index contributed by atoms with van der Waals surface area (Å²) in [4.78, 5) is 25.3. The number of aliphatic hydroxyl groups excluding tert-OH is 1. The molecule has 1 heterocycles. The Labute approximate surface area is 128 Å². The van der Waals surface area contributed by atoms with Crippen molar-refractivity contribution in [3.8, 4) is 11.5 Å². The first-order valence-electron chi connectivity index (χ1n) is 7.02. The van der Waals surface area contributed by atoms with Gasteiger partial charge in [0.15, 0.2) is 11.5 Å². The lowest BCUT2D eigenvalue weighted by atomic mass is 10.1. The second-order valence-electron chi connectivity index (χ2n) is 4.76. The number of carbonyl (C=O) groups excluding carboxylic acids is 2. The number of fused-ring (bicyclic) bond motifs is 1. The molecule has 1 aromatic carbocycles. The Kier molecular flexibility index (Phi) is 5.60. The van der Waals surface area contributed by atoms with Crippen LogP contribution in [0.2, 0.25) is 0 Å². The van der Waals surface area contributed by atoms with E-state index in [0.717, 1.165) is 0 Å². The average molecular weight is 309 g/mol. The molecule has 0 aromatic heterocycles. The zero-order chi connectivity index (χ0) is 15.9. The highest BCUT2D eigenvalue weighted by molar-refractivity contribution is 5.95. The fourth-order valence-corrected chi connectivity index (χ4v) is 2.12. The summed E-state index contributed by atoms with van der Waals surface area (Å²) in [6.07, 6.45) is 0.551. The van der Waals surface area contributed by atoms with Crippen molar-refractivity contribution in [1.29, 1.82) is 0 Å². The minimum absolute atomic E-state index is 0.0247. The summed E-state index contributed by atoms with van der Waals surface area (Å²) in [5.41, 5.74) is 0.451. The fourth-order valence-electron chi connectivity index (χ4n) is 2.12. The van der Waals surface area contributed by atoms with Crippen LogP contribution in [-0.4, -0.2) is 55.5 Å². The first-order chi connectivity index (χ1) is 10.7. The molecular formula is C15H19NO6. The first kappa shape index (κ1) is 16.1. The number of amides is 1. The predicted octanol–water partition coefficient (Wildman–Crippen LogP) is 0.803. The first-order valence-corrected chi connectivity index (χ1v) is 7.02. The molecule has 7 heteroatoms. The highest BCUT2D eigenvalue weighted by Gasteiger charge is 2.20. The van der Waals surface area contributed by atoms with Gasteiger partial charge in [-0.2, -0.15) is 0 Å². The zero-order valence-corrected chi connectivity index (χ0v) is 12.4. The third kappa shape index (κ3) is 3.88. The molecular weight excluding hydrogens is 290 g/mol. The van der Waals surface area contributed by atoms with Gasteiger partial charge >= 0.3 is 5.97 Å². The Hall–Kier alpha value is -2.28. The largest absolute Gasteiger partial charge is 0.469 e. The van der Waals surface area contributed by atoms with E-state index < -0.39 is 0 Å². The molecule has 1 amide bonds. The Morgan fingerprint density at radius 1 is 1.27 bits per heavy atom. The quantitative estimate of drug-likeness (QED) is 0.750. The number of rotatable bonds is 7. The third-order valence-electron chi connectivity index (χ3n) is 3.31. The second kappa shape index (κ2) is 7.65. The van der Waals surface area contributed by atoms with E-state index in [9.17, 15) is 9.59 Å². The monoisotopic (exact) mass is 309 g/mol. The molecule has 7 nitrogen and oxygen atoms in total. The van der Waals surface area contributed by atoms with Crippen LogP contribution < -0.4 is 9.47 Å². The van der Waals surface area contributed by atoms with E-state index in [1.807, 2.05) is 0 Å². The Morgan fingerprint density at radius 2 is 2.05 bits per heavy atom. The second-order valence-corrected chi connectivity index (χ2v) is 4.76. The normalized spacial score (nSPS) is 12.1. The summed E-state index contributed by atoms with van der Waals surface area (Å²) >= 11 is 0. The maximum atomic E-state index is 12.5. The van der Waals surface area contributed by atoms with E-state index >= 15 is 0 Å². The lowest BCUT2D eigenvalue weighted by Crippen LogP contribution is -2.34. The number of hydrogen-bond donors (Lipinski definition) is 1. The SMILES string of the molecule is COC(=O)CCN(CCCO)C(=O)c1ccc2c(c1)OCO2. The molecule has 0 fully saturated rings. The Bertz CT molecular complexity index is 545. The lowest BCUT2D eigenvalue weighted by Gasteiger charge is -2.22. The summed E-state index contributed by atoms with van der Waals surface area (Å²) in [7, 11) is 1.31. The topological polar surface area (TPSA) is 85.3 Å². The van der Waals surface area contributed by atoms with Crippen LogP contribution >= 0.6 is 0 Å². The van der Waals surface area contributed by atoms with Crippen molar-refractivity contribution in [2.75, 3.05) is 33.6 Å². The number of ether oxygens (including phenoxy) is 3. The standard InChI is InChI=1S/C15H19NO6/c1-20-14(18)5-7-16(6-2-8-17)15(19)11-3-4-12-13(9-11)22-10-21-12/h3-4,9,17H,2,5-8,10H2,1H3. The molecule has 120 valence electrons. The van der Waals surface area contributed by atoms with Crippen molar-refractivity contribution >= 4 is 11.9 Å². The number of nitrogens with zero attached hydrogens (tertiary/aromatic N) is 1. The van der Waals surface area contributed by atoms with Crippen molar-refractivity contribution in [3.05, 3.63) is 23.8 Å². The predicted molar refractivity (Wildman–Crippen MR) is 76.8 cm³/mol. The van der Waals surface area contributed by atoms with Gasteiger partial charge in [0.25, 0.3) is 5.91 Å². The van der Waals surface area contributed by atoms with E-state index in [-0.39, 0.29) is 38.2 Å². The third-order valence-corrected chi connectivity index (χ3v) is 3.31. The molecule has 0 radical (unpaired) electrons. The van der Waals surface area contributed by atoms with Gasteiger partial charge in [0.1, 0.15) is 0 Å². The minimum Gasteiger partial charge on any atom is -0.469 e. The van der Waals surface area contributed by atoms with Gasteiger partial charge in [0, 0.05) is 25.3 Å². The van der Waals surface area contributed by atoms with Crippen LogP contribution in [-0.2, 0) is 9.53 Å². The average Bonchev–Trinajstić information content (AvgIpc) is 3.01. The summed E-state index contributed by atoms with van der Waals surface area (Å²) in [5.74, 6) is 0.525. The summed E-state index contributed by atoms with van der Waals surface area (Å²) in [6.45, 7) is 0.716. The van der Waals surface area contributed by atoms with Gasteiger partial charge in [-0.1, -0.05) is 0 Å². The summed E-state index contributed by atoms with van der Waals surface area (Å²) in [6, 6.07) is 4.95. The molecule has 0 bridgehead atoms. The van der Waals surface area contributed by atoms with Crippen LogP contribution in [0.5, 0.6) is 11.5 Å². The molecule has 1 aliphatic rings.